The lowest BCUT2D eigenvalue weighted by Crippen LogP contribution is -2.51. The fourth-order valence-electron chi connectivity index (χ4n) is 2.71. The molecule has 0 amide bonds. The highest BCUT2D eigenvalue weighted by Crippen LogP contribution is 2.26. The van der Waals surface area contributed by atoms with Gasteiger partial charge in [0.2, 0.25) is 10.0 Å². The van der Waals surface area contributed by atoms with Gasteiger partial charge in [-0.15, -0.1) is 12.4 Å². The van der Waals surface area contributed by atoms with E-state index in [0.717, 1.165) is 38.2 Å². The summed E-state index contributed by atoms with van der Waals surface area (Å²) in [6.07, 6.45) is 4.67. The predicted octanol–water partition coefficient (Wildman–Crippen LogP) is 2.26. The Bertz CT molecular complexity index is 673. The van der Waals surface area contributed by atoms with Crippen molar-refractivity contribution in [3.05, 3.63) is 33.9 Å². The van der Waals surface area contributed by atoms with Gasteiger partial charge in [0.1, 0.15) is 0 Å². The number of aryl methyl sites for hydroxylation is 1. The molecule has 130 valence electrons. The second-order valence-corrected chi connectivity index (χ2v) is 7.72. The number of benzene rings is 1. The molecule has 2 rings (SSSR count). The van der Waals surface area contributed by atoms with Crippen LogP contribution in [0.4, 0.5) is 5.69 Å². The maximum Gasteiger partial charge on any atom is 0.273 e. The summed E-state index contributed by atoms with van der Waals surface area (Å²) in [6.45, 7) is 1.72. The number of sulfonamides is 1. The van der Waals surface area contributed by atoms with Crippen molar-refractivity contribution in [1.29, 1.82) is 0 Å². The Labute approximate surface area is 142 Å². The summed E-state index contributed by atoms with van der Waals surface area (Å²) >= 11 is 0. The number of rotatable bonds is 5. The van der Waals surface area contributed by atoms with E-state index < -0.39 is 20.5 Å². The Morgan fingerprint density at radius 2 is 1.91 bits per heavy atom. The number of nitrogens with zero attached hydrogens (tertiary/aromatic N) is 1. The second-order valence-electron chi connectivity index (χ2n) is 5.95. The molecule has 3 N–H and O–H groups in total. The van der Waals surface area contributed by atoms with Crippen LogP contribution < -0.4 is 10.5 Å². The summed E-state index contributed by atoms with van der Waals surface area (Å²) in [5.74, 6) is 0. The lowest BCUT2D eigenvalue weighted by molar-refractivity contribution is -0.385. The first-order valence-electron chi connectivity index (χ1n) is 7.27. The van der Waals surface area contributed by atoms with Crippen molar-refractivity contribution in [1.82, 2.24) is 4.72 Å². The summed E-state index contributed by atoms with van der Waals surface area (Å²) in [6, 6.07) is 3.89. The SMILES string of the molecule is Cc1ccc(S(=O)(=O)NCC2(N)CCCCC2)cc1[N+](=O)[O-].Cl. The number of nitro groups is 1. The van der Waals surface area contributed by atoms with Crippen LogP contribution in [0.5, 0.6) is 0 Å². The third-order valence-electron chi connectivity index (χ3n) is 4.15. The van der Waals surface area contributed by atoms with E-state index in [1.165, 1.54) is 12.1 Å². The zero-order valence-corrected chi connectivity index (χ0v) is 14.6. The molecule has 1 saturated carbocycles. The van der Waals surface area contributed by atoms with E-state index in [4.69, 9.17) is 5.73 Å². The molecule has 1 aromatic carbocycles. The number of nitrogens with two attached hydrogens (primary N) is 1. The monoisotopic (exact) mass is 363 g/mol. The van der Waals surface area contributed by atoms with E-state index >= 15 is 0 Å². The van der Waals surface area contributed by atoms with Gasteiger partial charge in [-0.1, -0.05) is 25.3 Å². The van der Waals surface area contributed by atoms with Gasteiger partial charge in [0.25, 0.3) is 5.69 Å². The minimum Gasteiger partial charge on any atom is -0.324 e. The molecule has 0 saturated heterocycles. The van der Waals surface area contributed by atoms with Crippen LogP contribution in [0.2, 0.25) is 0 Å². The molecule has 0 aliphatic heterocycles. The molecule has 1 aliphatic carbocycles. The van der Waals surface area contributed by atoms with E-state index in [9.17, 15) is 18.5 Å². The highest BCUT2D eigenvalue weighted by molar-refractivity contribution is 7.89. The number of hydrogen-bond donors (Lipinski definition) is 2. The Morgan fingerprint density at radius 3 is 2.48 bits per heavy atom. The highest BCUT2D eigenvalue weighted by Gasteiger charge is 2.29. The first-order chi connectivity index (χ1) is 10.2. The lowest BCUT2D eigenvalue weighted by atomic mass is 9.83. The van der Waals surface area contributed by atoms with Crippen LogP contribution in [0.3, 0.4) is 0 Å². The van der Waals surface area contributed by atoms with Crippen molar-refractivity contribution in [2.45, 2.75) is 49.5 Å². The molecule has 23 heavy (non-hydrogen) atoms. The van der Waals surface area contributed by atoms with Gasteiger partial charge in [-0.05, 0) is 25.8 Å². The second kappa shape index (κ2) is 7.57. The molecule has 1 aliphatic rings. The van der Waals surface area contributed by atoms with Crippen LogP contribution >= 0.6 is 12.4 Å². The molecule has 0 spiro atoms. The van der Waals surface area contributed by atoms with Gasteiger partial charge >= 0.3 is 0 Å². The van der Waals surface area contributed by atoms with Crippen molar-refractivity contribution < 1.29 is 13.3 Å². The number of hydrogen-bond acceptors (Lipinski definition) is 5. The minimum atomic E-state index is -3.81. The Morgan fingerprint density at radius 1 is 1.30 bits per heavy atom. The largest absolute Gasteiger partial charge is 0.324 e. The zero-order chi connectivity index (χ0) is 16.4. The first-order valence-corrected chi connectivity index (χ1v) is 8.75. The van der Waals surface area contributed by atoms with Crippen LogP contribution in [-0.4, -0.2) is 25.4 Å². The third-order valence-corrected chi connectivity index (χ3v) is 5.55. The first kappa shape index (κ1) is 19.8. The molecule has 0 heterocycles. The summed E-state index contributed by atoms with van der Waals surface area (Å²) in [7, 11) is -3.81. The maximum atomic E-state index is 12.3. The van der Waals surface area contributed by atoms with E-state index in [2.05, 4.69) is 4.72 Å². The van der Waals surface area contributed by atoms with Crippen LogP contribution in [0.25, 0.3) is 0 Å². The fraction of sp³-hybridized carbons (Fsp3) is 0.571. The van der Waals surface area contributed by atoms with E-state index in [1.807, 2.05) is 0 Å². The topological polar surface area (TPSA) is 115 Å². The Balaban J connectivity index is 0.00000264. The van der Waals surface area contributed by atoms with Gasteiger partial charge in [-0.3, -0.25) is 10.1 Å². The number of halogens is 1. The highest BCUT2D eigenvalue weighted by atomic mass is 35.5. The molecule has 9 heteroatoms. The van der Waals surface area contributed by atoms with Crippen molar-refractivity contribution in [2.24, 2.45) is 5.73 Å². The van der Waals surface area contributed by atoms with Gasteiger partial charge in [0.05, 0.1) is 9.82 Å². The van der Waals surface area contributed by atoms with Crippen LogP contribution in [0.15, 0.2) is 23.1 Å². The van der Waals surface area contributed by atoms with Gasteiger partial charge in [0, 0.05) is 23.7 Å². The standard InChI is InChI=1S/C14H21N3O4S.ClH/c1-11-5-6-12(9-13(11)17(18)19)22(20,21)16-10-14(15)7-3-2-4-8-14;/h5-6,9,16H,2-4,7-8,10,15H2,1H3;1H. The van der Waals surface area contributed by atoms with E-state index in [-0.39, 0.29) is 29.5 Å². The number of nitro benzene ring substituents is 1. The Hall–Kier alpha value is -1.22. The van der Waals surface area contributed by atoms with Crippen LogP contribution in [0.1, 0.15) is 37.7 Å². The summed E-state index contributed by atoms with van der Waals surface area (Å²) in [4.78, 5) is 10.2. The maximum absolute atomic E-state index is 12.3. The fourth-order valence-corrected chi connectivity index (χ4v) is 3.87. The summed E-state index contributed by atoms with van der Waals surface area (Å²) in [5, 5.41) is 10.9. The molecule has 1 aromatic rings. The molecule has 1 fully saturated rings. The molecular formula is C14H22ClN3O4S. The van der Waals surface area contributed by atoms with Crippen LogP contribution in [0, 0.1) is 17.0 Å². The summed E-state index contributed by atoms with van der Waals surface area (Å²) < 4.78 is 27.1. The van der Waals surface area contributed by atoms with Gasteiger partial charge < -0.3 is 5.73 Å². The quantitative estimate of drug-likeness (QED) is 0.615. The van der Waals surface area contributed by atoms with Crippen LogP contribution in [-0.2, 0) is 10.0 Å². The molecule has 0 bridgehead atoms. The molecular weight excluding hydrogens is 342 g/mol. The Kier molecular flexibility index (Phi) is 6.52. The third kappa shape index (κ3) is 4.87. The average molecular weight is 364 g/mol. The number of nitrogens with one attached hydrogen (secondary N) is 1. The van der Waals surface area contributed by atoms with E-state index in [1.54, 1.807) is 6.92 Å². The van der Waals surface area contributed by atoms with Gasteiger partial charge in [-0.2, -0.15) is 0 Å². The molecule has 0 radical (unpaired) electrons. The minimum absolute atomic E-state index is 0. The smallest absolute Gasteiger partial charge is 0.273 e. The lowest BCUT2D eigenvalue weighted by Gasteiger charge is -2.33. The predicted molar refractivity (Wildman–Crippen MR) is 90.3 cm³/mol. The van der Waals surface area contributed by atoms with E-state index in [0.29, 0.717) is 5.56 Å². The molecule has 0 aromatic heterocycles. The van der Waals surface area contributed by atoms with Crippen molar-refractivity contribution >= 4 is 28.1 Å². The normalized spacial score (nSPS) is 17.3. The van der Waals surface area contributed by atoms with Crippen molar-refractivity contribution in [3.8, 4) is 0 Å². The molecule has 0 atom stereocenters. The average Bonchev–Trinajstić information content (AvgIpc) is 2.46. The van der Waals surface area contributed by atoms with Gasteiger partial charge in [0.15, 0.2) is 0 Å². The zero-order valence-electron chi connectivity index (χ0n) is 12.9. The summed E-state index contributed by atoms with van der Waals surface area (Å²) in [5.41, 5.74) is 5.90. The molecule has 7 nitrogen and oxygen atoms in total. The van der Waals surface area contributed by atoms with Crippen molar-refractivity contribution in [3.63, 3.8) is 0 Å². The molecule has 0 unspecified atom stereocenters. The van der Waals surface area contributed by atoms with Crippen molar-refractivity contribution in [2.75, 3.05) is 6.54 Å². The van der Waals surface area contributed by atoms with Gasteiger partial charge in [-0.25, -0.2) is 13.1 Å².